The van der Waals surface area contributed by atoms with E-state index in [-0.39, 0.29) is 12.6 Å². The van der Waals surface area contributed by atoms with Crippen molar-refractivity contribution < 1.29 is 4.39 Å². The summed E-state index contributed by atoms with van der Waals surface area (Å²) in [5, 5.41) is 8.13. The normalized spacial score (nSPS) is 25.9. The van der Waals surface area contributed by atoms with E-state index in [0.29, 0.717) is 5.92 Å². The largest absolute Gasteiger partial charge is 0.354 e. The maximum absolute atomic E-state index is 12.6. The number of aromatic nitrogens is 2. The molecule has 2 atom stereocenters. The van der Waals surface area contributed by atoms with Crippen molar-refractivity contribution in [2.45, 2.75) is 13.8 Å². The van der Waals surface area contributed by atoms with Crippen LogP contribution >= 0.6 is 0 Å². The van der Waals surface area contributed by atoms with E-state index < -0.39 is 0 Å². The lowest BCUT2D eigenvalue weighted by molar-refractivity contribution is 0.329. The fourth-order valence-electron chi connectivity index (χ4n) is 1.98. The summed E-state index contributed by atoms with van der Waals surface area (Å²) < 4.78 is 12.6. The second kappa shape index (κ2) is 4.13. The molecule has 3 nitrogen and oxygen atoms in total. The van der Waals surface area contributed by atoms with Gasteiger partial charge in [-0.25, -0.2) is 0 Å². The molecule has 1 saturated heterocycles. The highest BCUT2D eigenvalue weighted by atomic mass is 19.1. The molecule has 0 unspecified atom stereocenters. The number of nitrogens with zero attached hydrogens (tertiary/aromatic N) is 3. The van der Waals surface area contributed by atoms with Gasteiger partial charge in [0.2, 0.25) is 0 Å². The summed E-state index contributed by atoms with van der Waals surface area (Å²) in [7, 11) is 0. The van der Waals surface area contributed by atoms with Gasteiger partial charge in [0, 0.05) is 19.0 Å². The van der Waals surface area contributed by atoms with Crippen LogP contribution in [0.1, 0.15) is 12.6 Å². The highest BCUT2D eigenvalue weighted by Gasteiger charge is 2.30. The van der Waals surface area contributed by atoms with E-state index in [1.54, 1.807) is 0 Å². The third-order valence-electron chi connectivity index (χ3n) is 3.07. The molecule has 0 spiro atoms. The molecule has 2 rings (SSSR count). The molecule has 0 amide bonds. The summed E-state index contributed by atoms with van der Waals surface area (Å²) in [6.45, 7) is 5.40. The van der Waals surface area contributed by atoms with Crippen LogP contribution in [0, 0.1) is 18.8 Å². The number of rotatable bonds is 2. The van der Waals surface area contributed by atoms with Crippen molar-refractivity contribution in [2.24, 2.45) is 11.8 Å². The van der Waals surface area contributed by atoms with Crippen molar-refractivity contribution in [1.29, 1.82) is 0 Å². The molecule has 1 fully saturated rings. The van der Waals surface area contributed by atoms with Crippen LogP contribution in [0.15, 0.2) is 12.1 Å². The van der Waals surface area contributed by atoms with Gasteiger partial charge in [-0.1, -0.05) is 6.92 Å². The SMILES string of the molecule is Cc1ccc(N2C[C@H](CF)[C@H](C)C2)nn1. The fraction of sp³-hybridized carbons (Fsp3) is 0.636. The molecule has 0 bridgehead atoms. The van der Waals surface area contributed by atoms with Crippen molar-refractivity contribution >= 4 is 5.82 Å². The number of hydrogen-bond acceptors (Lipinski definition) is 3. The molecule has 0 aliphatic carbocycles. The molecule has 1 aliphatic rings. The molecule has 1 aromatic rings. The van der Waals surface area contributed by atoms with Crippen molar-refractivity contribution in [2.75, 3.05) is 24.7 Å². The van der Waals surface area contributed by atoms with E-state index >= 15 is 0 Å². The van der Waals surface area contributed by atoms with Crippen LogP contribution in [0.3, 0.4) is 0 Å². The molecular weight excluding hydrogens is 193 g/mol. The Morgan fingerprint density at radius 2 is 2.20 bits per heavy atom. The highest BCUT2D eigenvalue weighted by Crippen LogP contribution is 2.26. The maximum atomic E-state index is 12.6. The van der Waals surface area contributed by atoms with E-state index in [2.05, 4.69) is 22.0 Å². The molecule has 0 N–H and O–H groups in total. The van der Waals surface area contributed by atoms with Crippen molar-refractivity contribution in [3.8, 4) is 0 Å². The molecule has 1 aromatic heterocycles. The molecule has 82 valence electrons. The van der Waals surface area contributed by atoms with Gasteiger partial charge < -0.3 is 4.90 Å². The lowest BCUT2D eigenvalue weighted by Crippen LogP contribution is -2.21. The number of hydrogen-bond donors (Lipinski definition) is 0. The lowest BCUT2D eigenvalue weighted by Gasteiger charge is -2.15. The van der Waals surface area contributed by atoms with Crippen LogP contribution < -0.4 is 4.90 Å². The third-order valence-corrected chi connectivity index (χ3v) is 3.07. The van der Waals surface area contributed by atoms with Gasteiger partial charge in [0.15, 0.2) is 5.82 Å². The average molecular weight is 209 g/mol. The summed E-state index contributed by atoms with van der Waals surface area (Å²) in [5.41, 5.74) is 0.910. The van der Waals surface area contributed by atoms with Gasteiger partial charge in [-0.3, -0.25) is 4.39 Å². The Morgan fingerprint density at radius 1 is 1.40 bits per heavy atom. The van der Waals surface area contributed by atoms with Gasteiger partial charge in [0.25, 0.3) is 0 Å². The van der Waals surface area contributed by atoms with Gasteiger partial charge in [-0.2, -0.15) is 5.10 Å². The van der Waals surface area contributed by atoms with Gasteiger partial charge >= 0.3 is 0 Å². The monoisotopic (exact) mass is 209 g/mol. The molecule has 0 saturated carbocycles. The van der Waals surface area contributed by atoms with Crippen molar-refractivity contribution in [3.63, 3.8) is 0 Å². The molecule has 0 aromatic carbocycles. The number of anilines is 1. The minimum atomic E-state index is -0.239. The fourth-order valence-corrected chi connectivity index (χ4v) is 1.98. The Balaban J connectivity index is 2.10. The summed E-state index contributed by atoms with van der Waals surface area (Å²) in [5.74, 6) is 1.41. The quantitative estimate of drug-likeness (QED) is 0.744. The Kier molecular flexibility index (Phi) is 2.84. The van der Waals surface area contributed by atoms with Crippen LogP contribution in [0.4, 0.5) is 10.2 Å². The van der Waals surface area contributed by atoms with Gasteiger partial charge in [-0.15, -0.1) is 5.10 Å². The third kappa shape index (κ3) is 2.08. The predicted molar refractivity (Wildman–Crippen MR) is 57.6 cm³/mol. The zero-order chi connectivity index (χ0) is 10.8. The first kappa shape index (κ1) is 10.3. The molecule has 1 aliphatic heterocycles. The van der Waals surface area contributed by atoms with Crippen LogP contribution in [0.5, 0.6) is 0 Å². The van der Waals surface area contributed by atoms with Crippen molar-refractivity contribution in [1.82, 2.24) is 10.2 Å². The van der Waals surface area contributed by atoms with Gasteiger partial charge in [-0.05, 0) is 25.0 Å². The summed E-state index contributed by atoms with van der Waals surface area (Å²) >= 11 is 0. The van der Waals surface area contributed by atoms with Crippen LogP contribution in [0.25, 0.3) is 0 Å². The summed E-state index contributed by atoms with van der Waals surface area (Å²) in [6, 6.07) is 3.89. The Labute approximate surface area is 89.3 Å². The molecule has 2 heterocycles. The van der Waals surface area contributed by atoms with E-state index in [1.165, 1.54) is 0 Å². The Morgan fingerprint density at radius 3 is 2.73 bits per heavy atom. The second-order valence-electron chi connectivity index (χ2n) is 4.33. The summed E-state index contributed by atoms with van der Waals surface area (Å²) in [4.78, 5) is 2.11. The molecular formula is C11H16FN3. The Bertz CT molecular complexity index is 325. The zero-order valence-corrected chi connectivity index (χ0v) is 9.15. The number of alkyl halides is 1. The van der Waals surface area contributed by atoms with E-state index in [4.69, 9.17) is 0 Å². The standard InChI is InChI=1S/C11H16FN3/c1-8-6-15(7-10(8)5-12)11-4-3-9(2)13-14-11/h3-4,8,10H,5-7H2,1-2H3/t8-,10+/m1/s1. The first-order valence-electron chi connectivity index (χ1n) is 5.32. The second-order valence-corrected chi connectivity index (χ2v) is 4.33. The summed E-state index contributed by atoms with van der Waals surface area (Å²) in [6.07, 6.45) is 0. The maximum Gasteiger partial charge on any atom is 0.151 e. The van der Waals surface area contributed by atoms with Gasteiger partial charge in [0.1, 0.15) is 0 Å². The minimum Gasteiger partial charge on any atom is -0.354 e. The van der Waals surface area contributed by atoms with Crippen molar-refractivity contribution in [3.05, 3.63) is 17.8 Å². The number of halogens is 1. The Hall–Kier alpha value is -1.19. The smallest absolute Gasteiger partial charge is 0.151 e. The first-order valence-corrected chi connectivity index (χ1v) is 5.32. The first-order chi connectivity index (χ1) is 7.20. The van der Waals surface area contributed by atoms with E-state index in [0.717, 1.165) is 24.6 Å². The van der Waals surface area contributed by atoms with E-state index in [1.807, 2.05) is 19.1 Å². The minimum absolute atomic E-state index is 0.146. The predicted octanol–water partition coefficient (Wildman–Crippen LogP) is 1.83. The molecule has 0 radical (unpaired) electrons. The molecule has 4 heteroatoms. The highest BCUT2D eigenvalue weighted by molar-refractivity contribution is 5.38. The van der Waals surface area contributed by atoms with Crippen LogP contribution in [-0.4, -0.2) is 30.0 Å². The van der Waals surface area contributed by atoms with Crippen LogP contribution in [-0.2, 0) is 0 Å². The lowest BCUT2D eigenvalue weighted by atomic mass is 10.0. The number of aryl methyl sites for hydroxylation is 1. The van der Waals surface area contributed by atoms with E-state index in [9.17, 15) is 4.39 Å². The molecule has 15 heavy (non-hydrogen) atoms. The van der Waals surface area contributed by atoms with Crippen LogP contribution in [0.2, 0.25) is 0 Å². The average Bonchev–Trinajstić information content (AvgIpc) is 2.61. The van der Waals surface area contributed by atoms with Gasteiger partial charge in [0.05, 0.1) is 12.4 Å². The topological polar surface area (TPSA) is 29.0 Å². The zero-order valence-electron chi connectivity index (χ0n) is 9.15.